The first-order chi connectivity index (χ1) is 62.2. The summed E-state index contributed by atoms with van der Waals surface area (Å²) < 4.78 is 0. The zero-order chi connectivity index (χ0) is 97.1. The van der Waals surface area contributed by atoms with Crippen LogP contribution in [0.2, 0.25) is 0 Å². The predicted molar refractivity (Wildman–Crippen MR) is 492 cm³/mol. The second-order valence-electron chi connectivity index (χ2n) is 33.3. The van der Waals surface area contributed by atoms with Gasteiger partial charge < -0.3 is 138 Å². The first kappa shape index (κ1) is 109. The number of aliphatic carboxylic acids is 1. The number of H-pyrrole nitrogens is 2. The number of carbonyl (C=O) groups excluding carboxylic acids is 14. The second-order valence-corrected chi connectivity index (χ2v) is 34.6. The number of para-hydroxylation sites is 1. The number of nitrogens with two attached hydrogens (primary N) is 4. The number of hydrogen-bond acceptors (Lipinski definition) is 24. The molecule has 0 spiro atoms. The summed E-state index contributed by atoms with van der Waals surface area (Å²) in [6.45, 7) is 9.83. The van der Waals surface area contributed by atoms with Crippen LogP contribution in [-0.2, 0) is 91.2 Å². The van der Waals surface area contributed by atoms with Gasteiger partial charge in [-0.15, -0.1) is 0 Å². The van der Waals surface area contributed by atoms with E-state index < -0.39 is 210 Å². The van der Waals surface area contributed by atoms with Crippen molar-refractivity contribution in [2.24, 2.45) is 40.7 Å². The molecule has 4 aromatic rings. The number of aromatic nitrogens is 3. The van der Waals surface area contributed by atoms with Gasteiger partial charge in [0.1, 0.15) is 84.6 Å². The number of imidazole rings is 1. The molecule has 3 heterocycles. The molecule has 0 bridgehead atoms. The zero-order valence-electron chi connectivity index (χ0n) is 75.1. The summed E-state index contributed by atoms with van der Waals surface area (Å²) in [5.41, 5.74) is 25.1. The first-order valence-corrected chi connectivity index (χ1v) is 45.5. The second kappa shape index (κ2) is 56.3. The Morgan fingerprint density at radius 2 is 0.901 bits per heavy atom. The summed E-state index contributed by atoms with van der Waals surface area (Å²) in [4.78, 5) is 225. The summed E-state index contributed by atoms with van der Waals surface area (Å²) in [6, 6.07) is -5.97. The van der Waals surface area contributed by atoms with Crippen LogP contribution in [0.5, 0.6) is 0 Å². The van der Waals surface area contributed by atoms with Crippen molar-refractivity contribution in [2.45, 2.75) is 235 Å². The smallest absolute Gasteiger partial charge is 0.326 e. The summed E-state index contributed by atoms with van der Waals surface area (Å²) in [5, 5.41) is 96.3. The third-order valence-corrected chi connectivity index (χ3v) is 22.1. The number of thiol groups is 1. The van der Waals surface area contributed by atoms with Gasteiger partial charge in [0, 0.05) is 80.2 Å². The topological polar surface area (TPSA) is 733 Å². The predicted octanol–water partition coefficient (Wildman–Crippen LogP) is -4.76. The number of amides is 14. The van der Waals surface area contributed by atoms with E-state index in [0.29, 0.717) is 33.5 Å². The quantitative estimate of drug-likeness (QED) is 0.00854. The minimum atomic E-state index is -1.79. The lowest BCUT2D eigenvalue weighted by molar-refractivity contribution is -0.142. The molecule has 15 atom stereocenters. The number of aromatic amines is 2. The fourth-order valence-electron chi connectivity index (χ4n) is 14.3. The standard InChI is InChI=1S/C84H133N27O18S2/c1-44(2)32-58(104-77(124)63(40-112)108-68(115)52(85)37-50-39-92-43-97-50)72(119)109-64(41-113)76(123)99-54(22-14-27-93-82(86)87)69(116)98-47(7)67(114)102-57(24-16-29-95-84(90)91)80(127)111-30-17-25-66(111)79(126)101-55(23-15-28-94-83(88)89)70(117)106-61(36-49-38-96-53-21-13-12-20-51(49)53)75(122)105-60(35-48-18-10-9-11-19-48)74(121)100-56(26-31-131-8)71(118)103-59(33-45(3)4)73(120)110-65(42-130)78(125)107-62(81(128)129)34-46(5)6/h9-13,18-21,38-39,43-47,52,54-66,96,112-113,130H,14-17,22-37,40-42,85H2,1-8H3,(H,92,97)(H,98,116)(H,99,123)(H,100,121)(H,101,126)(H,102,114)(H,103,118)(H,104,124)(H,105,122)(H,106,117)(H,107,125)(H,108,115)(H,109,119)(H,110,120)(H,128,129)(H4,86,87,93)(H4,88,89,94)(H4,90,91,95)/t47-,52-,54-,55-,56-,57-,58-,59-,60-,61-,62-,63-,64-,65-,66-/m0/s1. The van der Waals surface area contributed by atoms with E-state index in [1.165, 1.54) is 36.1 Å². The van der Waals surface area contributed by atoms with Crippen LogP contribution in [0.15, 0.2) is 73.3 Å². The molecule has 0 unspecified atom stereocenters. The molecule has 0 radical (unpaired) electrons. The molecule has 14 amide bonds. The Kier molecular flexibility index (Phi) is 46.9. The molecule has 2 aromatic carbocycles. The molecular formula is C84H133N27O18S2. The van der Waals surface area contributed by atoms with E-state index in [9.17, 15) is 63.3 Å². The van der Waals surface area contributed by atoms with E-state index in [2.05, 4.69) is 113 Å². The number of carboxylic acids is 1. The molecule has 724 valence electrons. The number of fused-ring (bicyclic) bond motifs is 1. The van der Waals surface area contributed by atoms with Crippen LogP contribution in [0, 0.1) is 34.0 Å². The molecule has 1 aliphatic rings. The van der Waals surface area contributed by atoms with Crippen LogP contribution in [-0.4, -0.2) is 290 Å². The van der Waals surface area contributed by atoms with E-state index in [4.69, 9.17) is 39.2 Å². The lowest BCUT2D eigenvalue weighted by Crippen LogP contribution is -2.61. The van der Waals surface area contributed by atoms with Gasteiger partial charge in [-0.1, -0.05) is 90.1 Å². The number of aliphatic hydroxyl groups excluding tert-OH is 2. The van der Waals surface area contributed by atoms with E-state index in [1.807, 2.05) is 0 Å². The lowest BCUT2D eigenvalue weighted by Gasteiger charge is -2.31. The van der Waals surface area contributed by atoms with Crippen LogP contribution in [0.3, 0.4) is 0 Å². The van der Waals surface area contributed by atoms with Gasteiger partial charge in [0.15, 0.2) is 17.9 Å². The molecule has 1 saturated heterocycles. The molecule has 32 N–H and O–H groups in total. The average Bonchev–Trinajstić information content (AvgIpc) is 1.70. The first-order valence-electron chi connectivity index (χ1n) is 43.5. The number of guanidine groups is 3. The van der Waals surface area contributed by atoms with E-state index in [1.54, 1.807) is 109 Å². The molecule has 0 aliphatic carbocycles. The number of carbonyl (C=O) groups is 15. The number of benzene rings is 2. The fourth-order valence-corrected chi connectivity index (χ4v) is 15.0. The zero-order valence-corrected chi connectivity index (χ0v) is 76.8. The number of likely N-dealkylation sites (tertiary alicyclic amines) is 1. The van der Waals surface area contributed by atoms with Gasteiger partial charge in [0.2, 0.25) is 82.7 Å². The largest absolute Gasteiger partial charge is 0.480 e. The molecule has 2 aromatic heterocycles. The van der Waals surface area contributed by atoms with Gasteiger partial charge in [-0.3, -0.25) is 83.4 Å². The molecule has 131 heavy (non-hydrogen) atoms. The SMILES string of the molecule is CSCC[C@H](NC(=O)[C@H](Cc1ccccc1)NC(=O)[C@H](Cc1c[nH]c2ccccc12)NC(=O)[C@H](CCCNC(=N)N)NC(=O)[C@@H]1CCCN1C(=O)[C@H](CCCNC(=N)N)NC(=O)[C@H](C)NC(=O)[C@H](CCCNC(=N)N)NC(=O)[C@H](CO)NC(=O)[C@H](CC(C)C)NC(=O)[C@H](CO)NC(=O)[C@@H](N)Cc1cnc[nH]1)C(=O)N[C@@H](CC(C)C)C(=O)N[C@@H](CS)C(=O)N[C@@H](CC(C)C)C(=O)O. The maximum atomic E-state index is 15.4. The van der Waals surface area contributed by atoms with Crippen LogP contribution in [0.25, 0.3) is 10.9 Å². The van der Waals surface area contributed by atoms with Crippen LogP contribution < -0.4 is 108 Å². The minimum Gasteiger partial charge on any atom is -0.480 e. The normalized spacial score (nSPS) is 15.6. The number of carboxylic acid groups (broad SMARTS) is 1. The molecule has 45 nitrogen and oxygen atoms in total. The Hall–Kier alpha value is -12.4. The minimum absolute atomic E-state index is 0.00240. The van der Waals surface area contributed by atoms with E-state index in [0.717, 1.165) is 0 Å². The highest BCUT2D eigenvalue weighted by Crippen LogP contribution is 2.24. The lowest BCUT2D eigenvalue weighted by atomic mass is 10.0. The number of hydrogen-bond donors (Lipinski definition) is 29. The summed E-state index contributed by atoms with van der Waals surface area (Å²) in [6.07, 6.45) is 5.79. The average molecular weight is 1870 g/mol. The third-order valence-electron chi connectivity index (χ3n) is 21.1. The van der Waals surface area contributed by atoms with Crippen molar-refractivity contribution in [2.75, 3.05) is 57.2 Å². The van der Waals surface area contributed by atoms with Gasteiger partial charge in [-0.2, -0.15) is 24.4 Å². The van der Waals surface area contributed by atoms with E-state index in [-0.39, 0.29) is 146 Å². The number of nitrogens with one attached hydrogen (secondary N) is 21. The molecular weight excluding hydrogens is 1740 g/mol. The highest BCUT2D eigenvalue weighted by Gasteiger charge is 2.42. The van der Waals surface area contributed by atoms with Crippen molar-refractivity contribution >= 4 is 142 Å². The van der Waals surface area contributed by atoms with Gasteiger partial charge in [0.25, 0.3) is 0 Å². The van der Waals surface area contributed by atoms with Gasteiger partial charge in [-0.25, -0.2) is 9.78 Å². The molecule has 1 fully saturated rings. The molecule has 0 saturated carbocycles. The Morgan fingerprint density at radius 1 is 0.489 bits per heavy atom. The number of nitrogens with zero attached hydrogens (tertiary/aromatic N) is 2. The Bertz CT molecular complexity index is 4490. The summed E-state index contributed by atoms with van der Waals surface area (Å²) in [5.74, 6) is -15.7. The maximum Gasteiger partial charge on any atom is 0.326 e. The Labute approximate surface area is 769 Å². The summed E-state index contributed by atoms with van der Waals surface area (Å²) >= 11 is 5.62. The van der Waals surface area contributed by atoms with Crippen molar-refractivity contribution in [1.82, 2.24) is 105 Å². The highest BCUT2D eigenvalue weighted by molar-refractivity contribution is 7.98. The Balaban J connectivity index is 1.41. The summed E-state index contributed by atoms with van der Waals surface area (Å²) in [7, 11) is 0. The van der Waals surface area contributed by atoms with Crippen LogP contribution >= 0.6 is 24.4 Å². The number of aliphatic hydroxyl groups is 2. The molecule has 1 aliphatic heterocycles. The van der Waals surface area contributed by atoms with E-state index >= 15 is 24.0 Å². The Morgan fingerprint density at radius 3 is 1.40 bits per heavy atom. The van der Waals surface area contributed by atoms with Crippen LogP contribution in [0.4, 0.5) is 0 Å². The highest BCUT2D eigenvalue weighted by atomic mass is 32.2. The molecule has 5 rings (SSSR count). The number of rotatable bonds is 58. The van der Waals surface area contributed by atoms with Crippen molar-refractivity contribution in [3.63, 3.8) is 0 Å². The third kappa shape index (κ3) is 37.9. The van der Waals surface area contributed by atoms with Gasteiger partial charge >= 0.3 is 5.97 Å². The van der Waals surface area contributed by atoms with Gasteiger partial charge in [0.05, 0.1) is 25.6 Å². The molecule has 47 heteroatoms. The van der Waals surface area contributed by atoms with Crippen LogP contribution in [0.1, 0.15) is 142 Å². The maximum absolute atomic E-state index is 15.4. The monoisotopic (exact) mass is 1870 g/mol. The van der Waals surface area contributed by atoms with Crippen molar-refractivity contribution in [1.29, 1.82) is 16.2 Å². The van der Waals surface area contributed by atoms with Gasteiger partial charge in [-0.05, 0) is 131 Å². The number of thioether (sulfide) groups is 1. The van der Waals surface area contributed by atoms with Crippen molar-refractivity contribution in [3.05, 3.63) is 90.1 Å². The fraction of sp³-hybridized carbons (Fsp3) is 0.583. The van der Waals surface area contributed by atoms with Crippen molar-refractivity contribution in [3.8, 4) is 0 Å². The van der Waals surface area contributed by atoms with Crippen molar-refractivity contribution < 1.29 is 87.2 Å².